The number of aromatic nitrogens is 4. The van der Waals surface area contributed by atoms with E-state index in [2.05, 4.69) is 20.6 Å². The monoisotopic (exact) mass is 510 g/mol. The van der Waals surface area contributed by atoms with Crippen LogP contribution in [0, 0.1) is 6.92 Å². The molecule has 192 valence electrons. The van der Waals surface area contributed by atoms with E-state index in [-0.39, 0.29) is 49.4 Å². The number of aryl methyl sites for hydroxylation is 2. The molecule has 4 heterocycles. The number of fused-ring (bicyclic) bond motifs is 2. The fraction of sp³-hybridized carbons (Fsp3) is 0.619. The highest BCUT2D eigenvalue weighted by molar-refractivity contribution is 8.00. The standard InChI is InChI=1S/C11H14N4O4.C10H16N2O3S/c1-6-12-8-9(13-6)14(2)11(19)15(10(8)18)5-3-4-7(16)17;13-8(14)4-2-1-3-7-9-6(5-16-7)11-10(15)12-9/h3-5H2,1-2H3,(H,12,13)(H,16,17);6-7,9H,1-5H2,(H,13,14)(H2,11,12,15)/t;6-,7-,9-/m.0/s1. The van der Waals surface area contributed by atoms with Crippen LogP contribution in [0.5, 0.6) is 0 Å². The van der Waals surface area contributed by atoms with Crippen molar-refractivity contribution in [2.45, 2.75) is 69.3 Å². The van der Waals surface area contributed by atoms with Crippen molar-refractivity contribution in [2.24, 2.45) is 7.05 Å². The first-order valence-corrected chi connectivity index (χ1v) is 12.4. The quantitative estimate of drug-likeness (QED) is 0.235. The summed E-state index contributed by atoms with van der Waals surface area (Å²) in [6, 6.07) is 0.440. The minimum absolute atomic E-state index is 0.0640. The van der Waals surface area contributed by atoms with Crippen LogP contribution in [0.3, 0.4) is 0 Å². The van der Waals surface area contributed by atoms with Gasteiger partial charge in [-0.25, -0.2) is 14.6 Å². The third-order valence-corrected chi connectivity index (χ3v) is 7.45. The van der Waals surface area contributed by atoms with E-state index in [0.29, 0.717) is 16.7 Å². The van der Waals surface area contributed by atoms with Gasteiger partial charge < -0.3 is 25.8 Å². The lowest BCUT2D eigenvalue weighted by Crippen LogP contribution is -2.39. The molecule has 13 nitrogen and oxygen atoms in total. The van der Waals surface area contributed by atoms with Crippen molar-refractivity contribution in [1.82, 2.24) is 29.7 Å². The smallest absolute Gasteiger partial charge is 0.332 e. The van der Waals surface area contributed by atoms with Crippen molar-refractivity contribution in [3.63, 3.8) is 0 Å². The summed E-state index contributed by atoms with van der Waals surface area (Å²) in [6.07, 6.45) is 3.02. The Bertz CT molecular complexity index is 1220. The van der Waals surface area contributed by atoms with Gasteiger partial charge in [-0.05, 0) is 26.2 Å². The molecule has 5 N–H and O–H groups in total. The third-order valence-electron chi connectivity index (χ3n) is 5.94. The van der Waals surface area contributed by atoms with Crippen molar-refractivity contribution < 1.29 is 24.6 Å². The number of nitrogens with zero attached hydrogens (tertiary/aromatic N) is 3. The number of amides is 2. The van der Waals surface area contributed by atoms with E-state index in [1.54, 1.807) is 6.92 Å². The van der Waals surface area contributed by atoms with E-state index in [1.165, 1.54) is 11.6 Å². The zero-order valence-electron chi connectivity index (χ0n) is 19.6. The van der Waals surface area contributed by atoms with E-state index < -0.39 is 23.2 Å². The maximum absolute atomic E-state index is 12.1. The summed E-state index contributed by atoms with van der Waals surface area (Å²) in [5.41, 5.74) is -0.393. The maximum Gasteiger partial charge on any atom is 0.332 e. The average Bonchev–Trinajstić information content (AvgIpc) is 3.46. The molecule has 0 bridgehead atoms. The number of hydrogen-bond acceptors (Lipinski definition) is 7. The van der Waals surface area contributed by atoms with Crippen molar-refractivity contribution in [1.29, 1.82) is 0 Å². The highest BCUT2D eigenvalue weighted by atomic mass is 32.2. The Morgan fingerprint density at radius 1 is 1.09 bits per heavy atom. The number of thioether (sulfide) groups is 1. The SMILES string of the molecule is Cc1nc2c([nH]1)c(=O)n(CCCC(=O)O)c(=O)n2C.O=C(O)CCCC[C@@H]1SC[C@@H]2NC(=O)N[C@@H]21. The van der Waals surface area contributed by atoms with Crippen molar-refractivity contribution in [2.75, 3.05) is 5.75 Å². The third kappa shape index (κ3) is 6.44. The molecule has 2 saturated heterocycles. The van der Waals surface area contributed by atoms with Gasteiger partial charge in [0.1, 0.15) is 11.3 Å². The van der Waals surface area contributed by atoms with Crippen LogP contribution in [-0.2, 0) is 23.2 Å². The first-order chi connectivity index (χ1) is 16.6. The van der Waals surface area contributed by atoms with Crippen LogP contribution in [-0.4, -0.2) is 70.4 Å². The number of carboxylic acid groups (broad SMARTS) is 2. The Labute approximate surface area is 204 Å². The molecule has 35 heavy (non-hydrogen) atoms. The number of imidazole rings is 1. The Morgan fingerprint density at radius 3 is 2.46 bits per heavy atom. The van der Waals surface area contributed by atoms with Gasteiger partial charge in [0.05, 0.1) is 12.1 Å². The predicted octanol–water partition coefficient (Wildman–Crippen LogP) is 0.393. The van der Waals surface area contributed by atoms with Gasteiger partial charge in [0.2, 0.25) is 0 Å². The second kappa shape index (κ2) is 11.4. The molecule has 0 aromatic carbocycles. The minimum Gasteiger partial charge on any atom is -0.481 e. The molecular formula is C21H30N6O7S. The van der Waals surface area contributed by atoms with Crippen molar-refractivity contribution in [3.8, 4) is 0 Å². The summed E-state index contributed by atoms with van der Waals surface area (Å²) in [6.45, 7) is 1.77. The number of hydrogen-bond donors (Lipinski definition) is 5. The Kier molecular flexibility index (Phi) is 8.59. The second-order valence-corrected chi connectivity index (χ2v) is 9.85. The van der Waals surface area contributed by atoms with Gasteiger partial charge in [-0.15, -0.1) is 0 Å². The van der Waals surface area contributed by atoms with Crippen molar-refractivity contribution >= 4 is 40.9 Å². The fourth-order valence-corrected chi connectivity index (χ4v) is 5.76. The summed E-state index contributed by atoms with van der Waals surface area (Å²) in [7, 11) is 1.53. The van der Waals surface area contributed by atoms with Gasteiger partial charge in [-0.3, -0.25) is 23.5 Å². The van der Waals surface area contributed by atoms with Gasteiger partial charge in [-0.2, -0.15) is 11.8 Å². The molecule has 2 fully saturated rings. The van der Waals surface area contributed by atoms with Crippen molar-refractivity contribution in [3.05, 3.63) is 26.7 Å². The molecule has 2 aliphatic rings. The Balaban J connectivity index is 0.000000198. The summed E-state index contributed by atoms with van der Waals surface area (Å²) in [5.74, 6) is -0.172. The van der Waals surface area contributed by atoms with Crippen LogP contribution >= 0.6 is 11.8 Å². The van der Waals surface area contributed by atoms with Gasteiger partial charge in [0.25, 0.3) is 5.56 Å². The number of carbonyl (C=O) groups is 3. The molecule has 2 aliphatic heterocycles. The van der Waals surface area contributed by atoms with Gasteiger partial charge in [0, 0.05) is 37.4 Å². The largest absolute Gasteiger partial charge is 0.481 e. The van der Waals surface area contributed by atoms with Gasteiger partial charge >= 0.3 is 23.7 Å². The van der Waals surface area contributed by atoms with E-state index in [0.717, 1.165) is 29.6 Å². The molecule has 2 aromatic heterocycles. The van der Waals surface area contributed by atoms with Crippen LogP contribution < -0.4 is 21.9 Å². The molecule has 0 aliphatic carbocycles. The van der Waals surface area contributed by atoms with Gasteiger partial charge in [-0.1, -0.05) is 6.42 Å². The number of unbranched alkanes of at least 4 members (excludes halogenated alkanes) is 1. The van der Waals surface area contributed by atoms with Gasteiger partial charge in [0.15, 0.2) is 5.65 Å². The number of carbonyl (C=O) groups excluding carboxylic acids is 1. The normalized spacial score (nSPS) is 20.6. The Morgan fingerprint density at radius 2 is 1.77 bits per heavy atom. The molecular weight excluding hydrogens is 480 g/mol. The lowest BCUT2D eigenvalue weighted by atomic mass is 10.0. The van der Waals surface area contributed by atoms with E-state index >= 15 is 0 Å². The lowest BCUT2D eigenvalue weighted by molar-refractivity contribution is -0.138. The number of H-pyrrole nitrogens is 1. The molecule has 2 aromatic rings. The summed E-state index contributed by atoms with van der Waals surface area (Å²) in [5, 5.41) is 23.4. The number of aromatic amines is 1. The molecule has 0 saturated carbocycles. The minimum atomic E-state index is -0.955. The molecule has 3 atom stereocenters. The zero-order valence-corrected chi connectivity index (χ0v) is 20.4. The first kappa shape index (κ1) is 26.3. The van der Waals surface area contributed by atoms with E-state index in [1.807, 2.05) is 11.8 Å². The maximum atomic E-state index is 12.1. The molecule has 14 heteroatoms. The summed E-state index contributed by atoms with van der Waals surface area (Å²) in [4.78, 5) is 62.9. The lowest BCUT2D eigenvalue weighted by Gasteiger charge is -2.16. The van der Waals surface area contributed by atoms with E-state index in [9.17, 15) is 24.0 Å². The Hall–Kier alpha value is -3.29. The number of carboxylic acids is 2. The summed E-state index contributed by atoms with van der Waals surface area (Å²) >= 11 is 1.87. The predicted molar refractivity (Wildman–Crippen MR) is 129 cm³/mol. The fourth-order valence-electron chi connectivity index (χ4n) is 4.22. The van der Waals surface area contributed by atoms with Crippen LogP contribution in [0.25, 0.3) is 11.2 Å². The number of aliphatic carboxylic acids is 2. The van der Waals surface area contributed by atoms with E-state index in [4.69, 9.17) is 10.2 Å². The zero-order chi connectivity index (χ0) is 25.7. The average molecular weight is 511 g/mol. The molecule has 0 spiro atoms. The highest BCUT2D eigenvalue weighted by Gasteiger charge is 2.42. The molecule has 0 radical (unpaired) electrons. The highest BCUT2D eigenvalue weighted by Crippen LogP contribution is 2.33. The first-order valence-electron chi connectivity index (χ1n) is 11.4. The van der Waals surface area contributed by atoms with Crippen LogP contribution in [0.2, 0.25) is 0 Å². The molecule has 4 rings (SSSR count). The van der Waals surface area contributed by atoms with Crippen LogP contribution in [0.15, 0.2) is 9.59 Å². The summed E-state index contributed by atoms with van der Waals surface area (Å²) < 4.78 is 2.31. The molecule has 2 amide bonds. The number of rotatable bonds is 9. The number of urea groups is 1. The topological polar surface area (TPSA) is 188 Å². The second-order valence-electron chi connectivity index (χ2n) is 8.58. The van der Waals surface area contributed by atoms with Crippen LogP contribution in [0.4, 0.5) is 4.79 Å². The number of nitrogens with one attached hydrogen (secondary N) is 3. The van der Waals surface area contributed by atoms with Crippen LogP contribution in [0.1, 0.15) is 44.3 Å². The molecule has 0 unspecified atom stereocenters.